The van der Waals surface area contributed by atoms with Crippen molar-refractivity contribution in [3.05, 3.63) is 47.3 Å². The van der Waals surface area contributed by atoms with Gasteiger partial charge in [-0.1, -0.05) is 30.3 Å². The predicted molar refractivity (Wildman–Crippen MR) is 91.6 cm³/mol. The molecule has 3 heterocycles. The third-order valence-corrected chi connectivity index (χ3v) is 4.66. The van der Waals surface area contributed by atoms with Gasteiger partial charge in [-0.15, -0.1) is 0 Å². The predicted octanol–water partition coefficient (Wildman–Crippen LogP) is 1.66. The van der Waals surface area contributed by atoms with E-state index in [9.17, 15) is 9.18 Å². The second kappa shape index (κ2) is 6.42. The molecule has 2 aromatic rings. The average molecular weight is 342 g/mol. The highest BCUT2D eigenvalue weighted by molar-refractivity contribution is 6.04. The third kappa shape index (κ3) is 2.85. The van der Waals surface area contributed by atoms with E-state index in [2.05, 4.69) is 15.6 Å². The summed E-state index contributed by atoms with van der Waals surface area (Å²) in [7, 11) is 0. The minimum absolute atomic E-state index is 0.123. The van der Waals surface area contributed by atoms with Crippen LogP contribution in [0.2, 0.25) is 0 Å². The summed E-state index contributed by atoms with van der Waals surface area (Å²) in [6, 6.07) is 8.97. The molecular weight excluding hydrogens is 323 g/mol. The Morgan fingerprint density at radius 3 is 2.88 bits per heavy atom. The number of hydrogen-bond acceptors (Lipinski definition) is 5. The number of halogens is 1. The van der Waals surface area contributed by atoms with Crippen LogP contribution in [-0.4, -0.2) is 36.2 Å². The largest absolute Gasteiger partial charge is 0.380 e. The number of amides is 1. The zero-order chi connectivity index (χ0) is 17.4. The number of nitrogens with two attached hydrogens (primary N) is 1. The van der Waals surface area contributed by atoms with E-state index in [1.807, 2.05) is 30.3 Å². The molecule has 0 spiro atoms. The number of nitrogens with one attached hydrogen (secondary N) is 2. The number of rotatable bonds is 3. The maximum Gasteiger partial charge on any atom is 0.254 e. The topological polar surface area (TPSA) is 89.3 Å². The molecule has 0 radical (unpaired) electrons. The molecule has 1 aromatic heterocycles. The molecule has 2 atom stereocenters. The molecule has 1 fully saturated rings. The maximum atomic E-state index is 14.9. The van der Waals surface area contributed by atoms with E-state index < -0.39 is 5.82 Å². The zero-order valence-electron chi connectivity index (χ0n) is 13.6. The minimum Gasteiger partial charge on any atom is -0.380 e. The van der Waals surface area contributed by atoms with Crippen LogP contribution in [0.4, 0.5) is 10.2 Å². The van der Waals surface area contributed by atoms with E-state index in [-0.39, 0.29) is 30.4 Å². The lowest BCUT2D eigenvalue weighted by atomic mass is 10.0. The van der Waals surface area contributed by atoms with Crippen LogP contribution in [0.15, 0.2) is 30.3 Å². The van der Waals surface area contributed by atoms with Gasteiger partial charge in [0.1, 0.15) is 0 Å². The normalized spacial score (nSPS) is 22.4. The standard InChI is InChI=1S/C18H19FN4O2/c19-15-11-8-21-18(24)14(11)16(10-4-2-1-3-5-10)23-17(15)22-13-6-7-25-9-12(13)20/h1-5,12-13H,6-9,20H2,(H,21,24)(H,22,23)/t12-,13+/m0/s1. The fourth-order valence-corrected chi connectivity index (χ4v) is 3.30. The molecule has 25 heavy (non-hydrogen) atoms. The second-order valence-corrected chi connectivity index (χ2v) is 6.30. The Bertz CT molecular complexity index is 812. The number of aromatic nitrogens is 1. The molecule has 0 unspecified atom stereocenters. The lowest BCUT2D eigenvalue weighted by Gasteiger charge is -2.30. The lowest BCUT2D eigenvalue weighted by Crippen LogP contribution is -2.48. The quantitative estimate of drug-likeness (QED) is 0.789. The maximum absolute atomic E-state index is 14.9. The first kappa shape index (κ1) is 16.0. The van der Waals surface area contributed by atoms with Crippen molar-refractivity contribution in [1.29, 1.82) is 0 Å². The molecule has 1 amide bonds. The molecule has 1 aromatic carbocycles. The summed E-state index contributed by atoms with van der Waals surface area (Å²) < 4.78 is 20.3. The van der Waals surface area contributed by atoms with Gasteiger partial charge < -0.3 is 21.1 Å². The Morgan fingerprint density at radius 1 is 1.32 bits per heavy atom. The van der Waals surface area contributed by atoms with Gasteiger partial charge in [0.25, 0.3) is 5.91 Å². The van der Waals surface area contributed by atoms with Crippen LogP contribution in [0.1, 0.15) is 22.3 Å². The highest BCUT2D eigenvalue weighted by Crippen LogP contribution is 2.33. The number of carbonyl (C=O) groups excluding carboxylic acids is 1. The Labute approximate surface area is 144 Å². The first-order valence-electron chi connectivity index (χ1n) is 8.31. The van der Waals surface area contributed by atoms with E-state index in [4.69, 9.17) is 10.5 Å². The summed E-state index contributed by atoms with van der Waals surface area (Å²) in [5.41, 5.74) is 7.97. The summed E-state index contributed by atoms with van der Waals surface area (Å²) in [5.74, 6) is -0.655. The summed E-state index contributed by atoms with van der Waals surface area (Å²) in [5, 5.41) is 5.81. The van der Waals surface area contributed by atoms with Gasteiger partial charge in [-0.25, -0.2) is 9.37 Å². The van der Waals surface area contributed by atoms with E-state index >= 15 is 0 Å². The van der Waals surface area contributed by atoms with Gasteiger partial charge in [0.2, 0.25) is 0 Å². The minimum atomic E-state index is -0.494. The van der Waals surface area contributed by atoms with Gasteiger partial charge >= 0.3 is 0 Å². The number of hydrogen-bond donors (Lipinski definition) is 3. The second-order valence-electron chi connectivity index (χ2n) is 6.30. The molecule has 0 aliphatic carbocycles. The van der Waals surface area contributed by atoms with Crippen molar-refractivity contribution >= 4 is 11.7 Å². The average Bonchev–Trinajstić information content (AvgIpc) is 3.02. The zero-order valence-corrected chi connectivity index (χ0v) is 13.6. The number of benzene rings is 1. The highest BCUT2D eigenvalue weighted by atomic mass is 19.1. The molecule has 2 aliphatic rings. The number of pyridine rings is 1. The van der Waals surface area contributed by atoms with Crippen LogP contribution < -0.4 is 16.4 Å². The van der Waals surface area contributed by atoms with Gasteiger partial charge in [0.15, 0.2) is 11.6 Å². The van der Waals surface area contributed by atoms with Crippen LogP contribution >= 0.6 is 0 Å². The van der Waals surface area contributed by atoms with E-state index in [1.165, 1.54) is 0 Å². The number of fused-ring (bicyclic) bond motifs is 1. The van der Waals surface area contributed by atoms with Gasteiger partial charge in [-0.3, -0.25) is 4.79 Å². The van der Waals surface area contributed by atoms with Crippen LogP contribution in [-0.2, 0) is 11.3 Å². The van der Waals surface area contributed by atoms with Crippen LogP contribution in [0, 0.1) is 5.82 Å². The number of anilines is 1. The Morgan fingerprint density at radius 2 is 2.12 bits per heavy atom. The fraction of sp³-hybridized carbons (Fsp3) is 0.333. The Kier molecular flexibility index (Phi) is 4.10. The highest BCUT2D eigenvalue weighted by Gasteiger charge is 2.31. The van der Waals surface area contributed by atoms with Crippen molar-refractivity contribution in [1.82, 2.24) is 10.3 Å². The van der Waals surface area contributed by atoms with Crippen molar-refractivity contribution < 1.29 is 13.9 Å². The molecule has 0 bridgehead atoms. The number of carbonyl (C=O) groups is 1. The number of nitrogens with zero attached hydrogens (tertiary/aromatic N) is 1. The van der Waals surface area contributed by atoms with Crippen molar-refractivity contribution in [2.24, 2.45) is 5.73 Å². The first-order valence-corrected chi connectivity index (χ1v) is 8.31. The summed E-state index contributed by atoms with van der Waals surface area (Å²) in [6.45, 7) is 1.16. The van der Waals surface area contributed by atoms with Gasteiger partial charge in [-0.2, -0.15) is 0 Å². The molecule has 4 N–H and O–H groups in total. The van der Waals surface area contributed by atoms with Crippen molar-refractivity contribution in [2.75, 3.05) is 18.5 Å². The van der Waals surface area contributed by atoms with E-state index in [1.54, 1.807) is 0 Å². The summed E-state index contributed by atoms with van der Waals surface area (Å²) in [4.78, 5) is 16.6. The monoisotopic (exact) mass is 342 g/mol. The summed E-state index contributed by atoms with van der Waals surface area (Å²) in [6.07, 6.45) is 0.678. The van der Waals surface area contributed by atoms with E-state index in [0.717, 1.165) is 5.56 Å². The Hall–Kier alpha value is -2.51. The van der Waals surface area contributed by atoms with Crippen molar-refractivity contribution in [3.63, 3.8) is 0 Å². The molecule has 1 saturated heterocycles. The van der Waals surface area contributed by atoms with Crippen molar-refractivity contribution in [3.8, 4) is 11.3 Å². The first-order chi connectivity index (χ1) is 12.1. The molecule has 130 valence electrons. The van der Waals surface area contributed by atoms with Crippen LogP contribution in [0.3, 0.4) is 0 Å². The van der Waals surface area contributed by atoms with Crippen LogP contribution in [0.25, 0.3) is 11.3 Å². The SMILES string of the molecule is N[C@H]1COCC[C@H]1Nc1nc(-c2ccccc2)c2c(c1F)CNC2=O. The lowest BCUT2D eigenvalue weighted by molar-refractivity contribution is 0.0751. The third-order valence-electron chi connectivity index (χ3n) is 4.66. The molecule has 7 heteroatoms. The molecular formula is C18H19FN4O2. The molecule has 6 nitrogen and oxygen atoms in total. The van der Waals surface area contributed by atoms with Gasteiger partial charge in [0, 0.05) is 36.4 Å². The van der Waals surface area contributed by atoms with Crippen LogP contribution in [0.5, 0.6) is 0 Å². The summed E-state index contributed by atoms with van der Waals surface area (Å²) >= 11 is 0. The van der Waals surface area contributed by atoms with Gasteiger partial charge in [-0.05, 0) is 6.42 Å². The number of ether oxygens (including phenoxy) is 1. The fourth-order valence-electron chi connectivity index (χ4n) is 3.30. The van der Waals surface area contributed by atoms with Gasteiger partial charge in [0.05, 0.1) is 17.9 Å². The van der Waals surface area contributed by atoms with Crippen molar-refractivity contribution in [2.45, 2.75) is 25.0 Å². The molecule has 4 rings (SSSR count). The Balaban J connectivity index is 1.79. The molecule has 0 saturated carbocycles. The molecule has 2 aliphatic heterocycles. The van der Waals surface area contributed by atoms with E-state index in [0.29, 0.717) is 36.5 Å². The smallest absolute Gasteiger partial charge is 0.254 e.